The minimum Gasteiger partial charge on any atom is -0.491 e. The Hall–Kier alpha value is -1.80. The van der Waals surface area contributed by atoms with E-state index >= 15 is 0 Å². The van der Waals surface area contributed by atoms with E-state index < -0.39 is 0 Å². The maximum absolute atomic E-state index is 8.69. The van der Waals surface area contributed by atoms with Gasteiger partial charge in [0.05, 0.1) is 13.2 Å². The van der Waals surface area contributed by atoms with Gasteiger partial charge >= 0.3 is 0 Å². The summed E-state index contributed by atoms with van der Waals surface area (Å²) in [6.45, 7) is 1.44. The zero-order valence-electron chi connectivity index (χ0n) is 11.0. The van der Waals surface area contributed by atoms with Crippen LogP contribution in [0.2, 0.25) is 0 Å². The van der Waals surface area contributed by atoms with Crippen LogP contribution in [0.5, 0.6) is 5.75 Å². The number of hydrogen-bond acceptors (Lipinski definition) is 4. The van der Waals surface area contributed by atoms with Crippen LogP contribution < -0.4 is 4.74 Å². The molecule has 0 saturated heterocycles. The first kappa shape index (κ1) is 14.6. The Morgan fingerprint density at radius 3 is 2.75 bits per heavy atom. The minimum absolute atomic E-state index is 0.124. The van der Waals surface area contributed by atoms with Crippen LogP contribution in [-0.4, -0.2) is 24.9 Å². The molecule has 0 atom stereocenters. The molecule has 3 nitrogen and oxygen atoms in total. The van der Waals surface area contributed by atoms with E-state index in [1.54, 1.807) is 11.3 Å². The lowest BCUT2D eigenvalue weighted by Gasteiger charge is -2.06. The second-order valence-electron chi connectivity index (χ2n) is 3.93. The monoisotopic (exact) mass is 288 g/mol. The standard InChI is InChI=1S/C16H16O3S/c17-9-4-5-14-8-12-20-16(14)13-18-10-11-19-15-6-2-1-3-7-15/h1-3,6-8,12,17H,9-11,13H2. The number of hydrogen-bond donors (Lipinski definition) is 1. The van der Waals surface area contributed by atoms with Crippen molar-refractivity contribution in [1.29, 1.82) is 0 Å². The summed E-state index contributed by atoms with van der Waals surface area (Å²) in [4.78, 5) is 1.07. The van der Waals surface area contributed by atoms with E-state index in [2.05, 4.69) is 11.8 Å². The lowest BCUT2D eigenvalue weighted by Crippen LogP contribution is -2.06. The molecular formula is C16H16O3S. The van der Waals surface area contributed by atoms with Gasteiger partial charge in [-0.2, -0.15) is 0 Å². The molecule has 1 aromatic heterocycles. The normalized spacial score (nSPS) is 9.85. The first-order valence-corrected chi connectivity index (χ1v) is 7.20. The Balaban J connectivity index is 1.70. The second-order valence-corrected chi connectivity index (χ2v) is 4.93. The molecule has 20 heavy (non-hydrogen) atoms. The molecule has 1 heterocycles. The number of para-hydroxylation sites is 1. The third kappa shape index (κ3) is 4.71. The van der Waals surface area contributed by atoms with Gasteiger partial charge in [-0.1, -0.05) is 30.0 Å². The summed E-state index contributed by atoms with van der Waals surface area (Å²) in [6, 6.07) is 11.6. The molecule has 2 aromatic rings. The summed E-state index contributed by atoms with van der Waals surface area (Å²) in [5.74, 6) is 6.40. The van der Waals surface area contributed by atoms with Gasteiger partial charge < -0.3 is 14.6 Å². The molecule has 2 rings (SSSR count). The summed E-state index contributed by atoms with van der Waals surface area (Å²) < 4.78 is 11.1. The van der Waals surface area contributed by atoms with E-state index in [9.17, 15) is 0 Å². The van der Waals surface area contributed by atoms with E-state index in [0.29, 0.717) is 19.8 Å². The van der Waals surface area contributed by atoms with Gasteiger partial charge in [-0.15, -0.1) is 11.3 Å². The second kappa shape index (κ2) is 8.39. The third-order valence-corrected chi connectivity index (χ3v) is 3.41. The van der Waals surface area contributed by atoms with Crippen LogP contribution in [0, 0.1) is 11.8 Å². The molecule has 0 radical (unpaired) electrons. The zero-order chi connectivity index (χ0) is 14.0. The fraction of sp³-hybridized carbons (Fsp3) is 0.250. The van der Waals surface area contributed by atoms with Crippen molar-refractivity contribution in [3.8, 4) is 17.6 Å². The Kier molecular flexibility index (Phi) is 6.12. The summed E-state index contributed by atoms with van der Waals surface area (Å²) in [7, 11) is 0. The number of aliphatic hydroxyl groups excluding tert-OH is 1. The summed E-state index contributed by atoms with van der Waals surface area (Å²) in [5.41, 5.74) is 0.924. The van der Waals surface area contributed by atoms with Gasteiger partial charge in [0.15, 0.2) is 0 Å². The van der Waals surface area contributed by atoms with E-state index in [-0.39, 0.29) is 6.61 Å². The predicted molar refractivity (Wildman–Crippen MR) is 79.9 cm³/mol. The van der Waals surface area contributed by atoms with Gasteiger partial charge in [-0.05, 0) is 23.6 Å². The maximum atomic E-state index is 8.69. The van der Waals surface area contributed by atoms with Crippen LogP contribution in [-0.2, 0) is 11.3 Å². The number of thiophene rings is 1. The highest BCUT2D eigenvalue weighted by Crippen LogP contribution is 2.16. The number of benzene rings is 1. The molecule has 0 bridgehead atoms. The number of ether oxygens (including phenoxy) is 2. The highest BCUT2D eigenvalue weighted by atomic mass is 32.1. The van der Waals surface area contributed by atoms with Crippen LogP contribution >= 0.6 is 11.3 Å². The zero-order valence-corrected chi connectivity index (χ0v) is 11.9. The van der Waals surface area contributed by atoms with Crippen molar-refractivity contribution >= 4 is 11.3 Å². The molecule has 4 heteroatoms. The molecule has 0 unspecified atom stereocenters. The Morgan fingerprint density at radius 2 is 1.95 bits per heavy atom. The molecule has 0 aliphatic rings. The topological polar surface area (TPSA) is 38.7 Å². The van der Waals surface area contributed by atoms with E-state index in [1.165, 1.54) is 0 Å². The van der Waals surface area contributed by atoms with Crippen molar-refractivity contribution in [2.24, 2.45) is 0 Å². The lowest BCUT2D eigenvalue weighted by atomic mass is 10.2. The molecule has 1 aromatic carbocycles. The molecule has 1 N–H and O–H groups in total. The van der Waals surface area contributed by atoms with Crippen LogP contribution in [0.15, 0.2) is 41.8 Å². The first-order chi connectivity index (χ1) is 9.90. The van der Waals surface area contributed by atoms with Gasteiger partial charge in [0.2, 0.25) is 0 Å². The largest absolute Gasteiger partial charge is 0.491 e. The van der Waals surface area contributed by atoms with Crippen molar-refractivity contribution in [1.82, 2.24) is 0 Å². The van der Waals surface area contributed by atoms with Gasteiger partial charge in [-0.3, -0.25) is 0 Å². The molecule has 0 aliphatic carbocycles. The summed E-state index contributed by atoms with van der Waals surface area (Å²) in [5, 5.41) is 10.7. The van der Waals surface area contributed by atoms with Gasteiger partial charge in [0.25, 0.3) is 0 Å². The third-order valence-electron chi connectivity index (χ3n) is 2.52. The van der Waals surface area contributed by atoms with E-state index in [4.69, 9.17) is 14.6 Å². The van der Waals surface area contributed by atoms with Crippen molar-refractivity contribution in [2.75, 3.05) is 19.8 Å². The van der Waals surface area contributed by atoms with Gasteiger partial charge in [0.1, 0.15) is 19.0 Å². The molecule has 104 valence electrons. The molecule has 0 spiro atoms. The van der Waals surface area contributed by atoms with Crippen LogP contribution in [0.1, 0.15) is 10.4 Å². The van der Waals surface area contributed by atoms with E-state index in [0.717, 1.165) is 16.2 Å². The fourth-order valence-electron chi connectivity index (χ4n) is 1.60. The Bertz CT molecular complexity index is 566. The highest BCUT2D eigenvalue weighted by Gasteiger charge is 2.02. The summed E-state index contributed by atoms with van der Waals surface area (Å²) >= 11 is 1.60. The van der Waals surface area contributed by atoms with Crippen molar-refractivity contribution in [3.05, 3.63) is 52.2 Å². The number of aliphatic hydroxyl groups is 1. The van der Waals surface area contributed by atoms with Gasteiger partial charge in [0, 0.05) is 10.4 Å². The van der Waals surface area contributed by atoms with Crippen molar-refractivity contribution in [2.45, 2.75) is 6.61 Å². The molecule has 0 aliphatic heterocycles. The van der Waals surface area contributed by atoms with Gasteiger partial charge in [-0.25, -0.2) is 0 Å². The van der Waals surface area contributed by atoms with Crippen molar-refractivity contribution in [3.63, 3.8) is 0 Å². The smallest absolute Gasteiger partial charge is 0.119 e. The van der Waals surface area contributed by atoms with Crippen LogP contribution in [0.4, 0.5) is 0 Å². The predicted octanol–water partition coefficient (Wildman–Crippen LogP) is 2.69. The number of rotatable bonds is 6. The lowest BCUT2D eigenvalue weighted by molar-refractivity contribution is 0.0904. The molecular weight excluding hydrogens is 272 g/mol. The Labute approximate surface area is 122 Å². The first-order valence-electron chi connectivity index (χ1n) is 6.32. The van der Waals surface area contributed by atoms with Crippen LogP contribution in [0.3, 0.4) is 0 Å². The minimum atomic E-state index is -0.124. The van der Waals surface area contributed by atoms with E-state index in [1.807, 2.05) is 41.8 Å². The van der Waals surface area contributed by atoms with Crippen LogP contribution in [0.25, 0.3) is 0 Å². The molecule has 0 amide bonds. The molecule has 0 saturated carbocycles. The van der Waals surface area contributed by atoms with Crippen molar-refractivity contribution < 1.29 is 14.6 Å². The SMILES string of the molecule is OCC#Cc1ccsc1COCCOc1ccccc1. The highest BCUT2D eigenvalue weighted by molar-refractivity contribution is 7.10. The average Bonchev–Trinajstić information content (AvgIpc) is 2.93. The average molecular weight is 288 g/mol. The quantitative estimate of drug-likeness (QED) is 0.656. The molecule has 0 fully saturated rings. The summed E-state index contributed by atoms with van der Waals surface area (Å²) in [6.07, 6.45) is 0. The fourth-order valence-corrected chi connectivity index (χ4v) is 2.36. The maximum Gasteiger partial charge on any atom is 0.119 e. The Morgan fingerprint density at radius 1 is 1.10 bits per heavy atom.